The van der Waals surface area contributed by atoms with E-state index in [-0.39, 0.29) is 22.5 Å². The van der Waals surface area contributed by atoms with Gasteiger partial charge >= 0.3 is 6.36 Å². The van der Waals surface area contributed by atoms with E-state index in [2.05, 4.69) is 9.46 Å². The van der Waals surface area contributed by atoms with Gasteiger partial charge in [-0.25, -0.2) is 8.42 Å². The number of para-hydroxylation sites is 2. The normalized spacial score (nSPS) is 16.6. The molecule has 2 aromatic rings. The van der Waals surface area contributed by atoms with Gasteiger partial charge in [0.05, 0.1) is 10.6 Å². The zero-order valence-electron chi connectivity index (χ0n) is 14.9. The van der Waals surface area contributed by atoms with Gasteiger partial charge in [-0.1, -0.05) is 12.1 Å². The molecule has 1 aliphatic rings. The highest BCUT2D eigenvalue weighted by molar-refractivity contribution is 7.92. The average molecular weight is 414 g/mol. The van der Waals surface area contributed by atoms with E-state index in [9.17, 15) is 26.4 Å². The highest BCUT2D eigenvalue weighted by atomic mass is 32.2. The van der Waals surface area contributed by atoms with E-state index in [4.69, 9.17) is 0 Å². The van der Waals surface area contributed by atoms with Gasteiger partial charge in [-0.2, -0.15) is 0 Å². The smallest absolute Gasteiger partial charge is 0.404 e. The molecule has 0 spiro atoms. The first-order valence-electron chi connectivity index (χ1n) is 8.28. The largest absolute Gasteiger partial charge is 0.573 e. The van der Waals surface area contributed by atoms with Crippen LogP contribution in [0, 0.1) is 0 Å². The standard InChI is InChI=1S/C18H17F3N2O4S/c1-11-9-13-10-14(7-8-16(13)23(11)12(2)24)28(25,26)22-15-5-3-4-6-17(15)27-18(19,20)21/h3-8,10-11,22H,9H2,1-2H3. The molecular formula is C18H17F3N2O4S. The number of carbonyl (C=O) groups excluding carboxylic acids is 1. The highest BCUT2D eigenvalue weighted by Crippen LogP contribution is 2.35. The zero-order chi connectivity index (χ0) is 20.7. The number of hydrogen-bond acceptors (Lipinski definition) is 4. The monoisotopic (exact) mass is 414 g/mol. The molecule has 0 aromatic heterocycles. The summed E-state index contributed by atoms with van der Waals surface area (Å²) in [5.74, 6) is -0.811. The third-order valence-electron chi connectivity index (χ3n) is 4.27. The van der Waals surface area contributed by atoms with Crippen LogP contribution >= 0.6 is 0 Å². The summed E-state index contributed by atoms with van der Waals surface area (Å²) < 4.78 is 69.0. The lowest BCUT2D eigenvalue weighted by Crippen LogP contribution is -2.33. The van der Waals surface area contributed by atoms with E-state index in [1.165, 1.54) is 43.3 Å². The molecule has 1 aliphatic heterocycles. The SMILES string of the molecule is CC(=O)N1c2ccc(S(=O)(=O)Nc3ccccc3OC(F)(F)F)cc2CC1C. The number of benzene rings is 2. The molecule has 2 aromatic carbocycles. The molecule has 0 radical (unpaired) electrons. The Bertz CT molecular complexity index is 1020. The fraction of sp³-hybridized carbons (Fsp3) is 0.278. The number of halogens is 3. The molecule has 28 heavy (non-hydrogen) atoms. The van der Waals surface area contributed by atoms with E-state index in [1.807, 2.05) is 6.92 Å². The summed E-state index contributed by atoms with van der Waals surface area (Å²) in [7, 11) is -4.17. The molecule has 1 N–H and O–H groups in total. The van der Waals surface area contributed by atoms with Gasteiger partial charge in [0.25, 0.3) is 10.0 Å². The van der Waals surface area contributed by atoms with Gasteiger partial charge in [0, 0.05) is 18.7 Å². The van der Waals surface area contributed by atoms with Gasteiger partial charge in [0.15, 0.2) is 5.75 Å². The summed E-state index contributed by atoms with van der Waals surface area (Å²) in [6, 6.07) is 9.01. The van der Waals surface area contributed by atoms with Crippen molar-refractivity contribution in [2.24, 2.45) is 0 Å². The van der Waals surface area contributed by atoms with Crippen molar-refractivity contribution in [3.05, 3.63) is 48.0 Å². The molecule has 1 unspecified atom stereocenters. The third kappa shape index (κ3) is 4.06. The number of amides is 1. The maximum absolute atomic E-state index is 12.7. The lowest BCUT2D eigenvalue weighted by molar-refractivity contribution is -0.274. The minimum atomic E-state index is -4.96. The summed E-state index contributed by atoms with van der Waals surface area (Å²) in [4.78, 5) is 13.2. The molecule has 1 amide bonds. The van der Waals surface area contributed by atoms with Crippen LogP contribution in [0.4, 0.5) is 24.5 Å². The average Bonchev–Trinajstić information content (AvgIpc) is 2.90. The molecule has 0 bridgehead atoms. The maximum Gasteiger partial charge on any atom is 0.573 e. The van der Waals surface area contributed by atoms with Gasteiger partial charge < -0.3 is 9.64 Å². The number of carbonyl (C=O) groups is 1. The summed E-state index contributed by atoms with van der Waals surface area (Å²) in [5, 5.41) is 0. The Labute approximate surface area is 160 Å². The first kappa shape index (κ1) is 20.0. The Hall–Kier alpha value is -2.75. The Morgan fingerprint density at radius 2 is 1.89 bits per heavy atom. The molecular weight excluding hydrogens is 397 g/mol. The molecule has 150 valence electrons. The van der Waals surface area contributed by atoms with E-state index >= 15 is 0 Å². The van der Waals surface area contributed by atoms with Gasteiger partial charge in [-0.15, -0.1) is 13.2 Å². The van der Waals surface area contributed by atoms with Gasteiger partial charge in [0.1, 0.15) is 0 Å². The van der Waals surface area contributed by atoms with Crippen LogP contribution in [0.2, 0.25) is 0 Å². The van der Waals surface area contributed by atoms with Gasteiger partial charge in [0.2, 0.25) is 5.91 Å². The molecule has 0 aliphatic carbocycles. The number of alkyl halides is 3. The number of hydrogen-bond donors (Lipinski definition) is 1. The molecule has 6 nitrogen and oxygen atoms in total. The molecule has 0 saturated carbocycles. The van der Waals surface area contributed by atoms with E-state index < -0.39 is 22.1 Å². The Balaban J connectivity index is 1.92. The number of sulfonamides is 1. The zero-order valence-corrected chi connectivity index (χ0v) is 15.8. The first-order valence-corrected chi connectivity index (χ1v) is 9.76. The quantitative estimate of drug-likeness (QED) is 0.828. The fourth-order valence-corrected chi connectivity index (χ4v) is 4.34. The predicted octanol–water partition coefficient (Wildman–Crippen LogP) is 3.68. The van der Waals surface area contributed by atoms with Crippen molar-refractivity contribution in [2.45, 2.75) is 37.6 Å². The fourth-order valence-electron chi connectivity index (χ4n) is 3.22. The van der Waals surface area contributed by atoms with Crippen molar-refractivity contribution in [3.63, 3.8) is 0 Å². The van der Waals surface area contributed by atoms with Crippen LogP contribution in [-0.2, 0) is 21.2 Å². The lowest BCUT2D eigenvalue weighted by Gasteiger charge is -2.20. The topological polar surface area (TPSA) is 75.7 Å². The van der Waals surface area contributed by atoms with Crippen LogP contribution in [0.15, 0.2) is 47.4 Å². The Morgan fingerprint density at radius 1 is 1.21 bits per heavy atom. The second kappa shape index (κ2) is 7.01. The number of anilines is 2. The van der Waals surface area contributed by atoms with E-state index in [0.29, 0.717) is 17.7 Å². The molecule has 0 saturated heterocycles. The van der Waals surface area contributed by atoms with Crippen molar-refractivity contribution in [1.29, 1.82) is 0 Å². The molecule has 0 fully saturated rings. The van der Waals surface area contributed by atoms with Crippen LogP contribution in [0.1, 0.15) is 19.4 Å². The van der Waals surface area contributed by atoms with Gasteiger partial charge in [-0.05, 0) is 49.2 Å². The Morgan fingerprint density at radius 3 is 2.54 bits per heavy atom. The van der Waals surface area contributed by atoms with Crippen molar-refractivity contribution < 1.29 is 31.1 Å². The maximum atomic E-state index is 12.7. The number of ether oxygens (including phenoxy) is 1. The van der Waals surface area contributed by atoms with Crippen molar-refractivity contribution >= 4 is 27.3 Å². The third-order valence-corrected chi connectivity index (χ3v) is 5.64. The summed E-state index contributed by atoms with van der Waals surface area (Å²) >= 11 is 0. The summed E-state index contributed by atoms with van der Waals surface area (Å²) in [6.45, 7) is 3.27. The van der Waals surface area contributed by atoms with Crippen LogP contribution in [0.5, 0.6) is 5.75 Å². The van der Waals surface area contributed by atoms with Crippen LogP contribution in [0.25, 0.3) is 0 Å². The molecule has 3 rings (SSSR count). The number of fused-ring (bicyclic) bond motifs is 1. The van der Waals surface area contributed by atoms with Crippen LogP contribution in [0.3, 0.4) is 0 Å². The number of nitrogens with one attached hydrogen (secondary N) is 1. The minimum Gasteiger partial charge on any atom is -0.404 e. The number of rotatable bonds is 4. The minimum absolute atomic E-state index is 0.112. The second-order valence-electron chi connectivity index (χ2n) is 6.38. The molecule has 1 atom stereocenters. The van der Waals surface area contributed by atoms with E-state index in [1.54, 1.807) is 4.90 Å². The summed E-state index contributed by atoms with van der Waals surface area (Å²) in [5.41, 5.74) is 0.962. The van der Waals surface area contributed by atoms with Crippen molar-refractivity contribution in [1.82, 2.24) is 0 Å². The first-order chi connectivity index (χ1) is 13.0. The second-order valence-corrected chi connectivity index (χ2v) is 8.06. The van der Waals surface area contributed by atoms with Gasteiger partial charge in [-0.3, -0.25) is 9.52 Å². The van der Waals surface area contributed by atoms with E-state index in [0.717, 1.165) is 6.07 Å². The summed E-state index contributed by atoms with van der Waals surface area (Å²) in [6.07, 6.45) is -4.48. The van der Waals surface area contributed by atoms with Crippen molar-refractivity contribution in [2.75, 3.05) is 9.62 Å². The van der Waals surface area contributed by atoms with Crippen LogP contribution in [-0.4, -0.2) is 26.7 Å². The lowest BCUT2D eigenvalue weighted by atomic mass is 10.1. The Kier molecular flexibility index (Phi) is 5.00. The predicted molar refractivity (Wildman–Crippen MR) is 96.7 cm³/mol. The highest BCUT2D eigenvalue weighted by Gasteiger charge is 2.33. The molecule has 10 heteroatoms. The van der Waals surface area contributed by atoms with Crippen molar-refractivity contribution in [3.8, 4) is 5.75 Å². The number of nitrogens with zero attached hydrogens (tertiary/aromatic N) is 1. The van der Waals surface area contributed by atoms with Crippen LogP contribution < -0.4 is 14.4 Å². The molecule has 1 heterocycles.